The minimum atomic E-state index is -1.01. The summed E-state index contributed by atoms with van der Waals surface area (Å²) in [5, 5.41) is 16.5. The van der Waals surface area contributed by atoms with Crippen molar-refractivity contribution in [2.45, 2.75) is 58.5 Å². The first-order valence-corrected chi connectivity index (χ1v) is 8.02. The predicted molar refractivity (Wildman–Crippen MR) is 83.0 cm³/mol. The molecule has 1 amide bonds. The molecule has 1 fully saturated rings. The van der Waals surface area contributed by atoms with Crippen LogP contribution in [0.3, 0.4) is 0 Å². The fraction of sp³-hybridized carbons (Fsp3) is 0.667. The van der Waals surface area contributed by atoms with Crippen LogP contribution in [-0.2, 0) is 11.3 Å². The van der Waals surface area contributed by atoms with Crippen LogP contribution in [0.15, 0.2) is 6.20 Å². The van der Waals surface area contributed by atoms with Crippen molar-refractivity contribution in [2.24, 2.45) is 5.41 Å². The molecule has 0 aliphatic heterocycles. The summed E-state index contributed by atoms with van der Waals surface area (Å²) >= 11 is 6.01. The van der Waals surface area contributed by atoms with Gasteiger partial charge in [0.1, 0.15) is 6.04 Å². The van der Waals surface area contributed by atoms with Crippen LogP contribution in [0.25, 0.3) is 0 Å². The van der Waals surface area contributed by atoms with Crippen LogP contribution >= 0.6 is 11.6 Å². The molecule has 6 nitrogen and oxygen atoms in total. The van der Waals surface area contributed by atoms with E-state index in [9.17, 15) is 14.7 Å². The van der Waals surface area contributed by atoms with Crippen LogP contribution in [0, 0.1) is 5.41 Å². The topological polar surface area (TPSA) is 84.2 Å². The molecule has 0 radical (unpaired) electrons. The number of nitrogens with zero attached hydrogens (tertiary/aromatic N) is 2. The Labute approximate surface area is 134 Å². The van der Waals surface area contributed by atoms with Gasteiger partial charge in [0.2, 0.25) is 0 Å². The summed E-state index contributed by atoms with van der Waals surface area (Å²) in [7, 11) is 0. The number of aliphatic carboxylic acids is 1. The van der Waals surface area contributed by atoms with Crippen molar-refractivity contribution in [3.8, 4) is 0 Å². The molecule has 2 N–H and O–H groups in total. The Morgan fingerprint density at radius 1 is 1.45 bits per heavy atom. The van der Waals surface area contributed by atoms with E-state index in [-0.39, 0.29) is 10.7 Å². The zero-order valence-electron chi connectivity index (χ0n) is 12.9. The largest absolute Gasteiger partial charge is 0.480 e. The Bertz CT molecular complexity index is 564. The van der Waals surface area contributed by atoms with Crippen LogP contribution in [0.4, 0.5) is 0 Å². The summed E-state index contributed by atoms with van der Waals surface area (Å²) in [5.74, 6) is -1.54. The number of carboxylic acid groups (broad SMARTS) is 1. The van der Waals surface area contributed by atoms with E-state index >= 15 is 0 Å². The van der Waals surface area contributed by atoms with Gasteiger partial charge in [0.05, 0.1) is 5.02 Å². The standard InChI is InChI=1S/C15H22ClN3O3/c1-3-19-9-10(16)11(18-19)13(20)17-12(14(21)22)15(2)7-5-4-6-8-15/h9,12H,3-8H2,1-2H3,(H,17,20)(H,21,22). The third-order valence-corrected chi connectivity index (χ3v) is 4.75. The van der Waals surface area contributed by atoms with E-state index in [1.807, 2.05) is 13.8 Å². The number of carbonyl (C=O) groups is 2. The summed E-state index contributed by atoms with van der Waals surface area (Å²) in [5.41, 5.74) is -0.353. The van der Waals surface area contributed by atoms with Crippen LogP contribution in [0.5, 0.6) is 0 Å². The first-order valence-electron chi connectivity index (χ1n) is 7.64. The number of amides is 1. The Morgan fingerprint density at radius 2 is 2.09 bits per heavy atom. The fourth-order valence-corrected chi connectivity index (χ4v) is 3.33. The van der Waals surface area contributed by atoms with Gasteiger partial charge in [-0.3, -0.25) is 9.48 Å². The van der Waals surface area contributed by atoms with Gasteiger partial charge >= 0.3 is 5.97 Å². The molecule has 0 saturated heterocycles. The Kier molecular flexibility index (Phi) is 5.11. The number of aromatic nitrogens is 2. The van der Waals surface area contributed by atoms with E-state index < -0.39 is 23.3 Å². The van der Waals surface area contributed by atoms with Crippen molar-refractivity contribution in [1.29, 1.82) is 0 Å². The molecule has 1 saturated carbocycles. The molecule has 0 bridgehead atoms. The molecule has 1 heterocycles. The number of carbonyl (C=O) groups excluding carboxylic acids is 1. The number of hydrogen-bond acceptors (Lipinski definition) is 3. The lowest BCUT2D eigenvalue weighted by Gasteiger charge is -2.38. The second-order valence-electron chi connectivity index (χ2n) is 6.14. The third-order valence-electron chi connectivity index (χ3n) is 4.47. The van der Waals surface area contributed by atoms with Gasteiger partial charge in [0, 0.05) is 12.7 Å². The number of carboxylic acids is 1. The van der Waals surface area contributed by atoms with Crippen LogP contribution in [0.2, 0.25) is 5.02 Å². The highest BCUT2D eigenvalue weighted by Crippen LogP contribution is 2.39. The maximum absolute atomic E-state index is 12.4. The number of hydrogen-bond donors (Lipinski definition) is 2. The lowest BCUT2D eigenvalue weighted by Crippen LogP contribution is -2.52. The van der Waals surface area contributed by atoms with Gasteiger partial charge in [-0.2, -0.15) is 5.10 Å². The maximum Gasteiger partial charge on any atom is 0.326 e. The highest BCUT2D eigenvalue weighted by Gasteiger charge is 2.41. The third kappa shape index (κ3) is 3.43. The van der Waals surface area contributed by atoms with E-state index in [4.69, 9.17) is 11.6 Å². The molecule has 1 aliphatic rings. The molecule has 1 aromatic rings. The van der Waals surface area contributed by atoms with Gasteiger partial charge < -0.3 is 10.4 Å². The average molecular weight is 328 g/mol. The molecule has 1 atom stereocenters. The van der Waals surface area contributed by atoms with Gasteiger partial charge in [0.25, 0.3) is 5.91 Å². The highest BCUT2D eigenvalue weighted by molar-refractivity contribution is 6.33. The summed E-state index contributed by atoms with van der Waals surface area (Å²) in [4.78, 5) is 24.0. The molecule has 1 unspecified atom stereocenters. The van der Waals surface area contributed by atoms with Gasteiger partial charge in [0.15, 0.2) is 5.69 Å². The second kappa shape index (κ2) is 6.69. The minimum Gasteiger partial charge on any atom is -0.480 e. The number of aryl methyl sites for hydroxylation is 1. The molecule has 1 aliphatic carbocycles. The normalized spacial score (nSPS) is 18.7. The van der Waals surface area contributed by atoms with Crippen molar-refractivity contribution in [2.75, 3.05) is 0 Å². The molecular weight excluding hydrogens is 306 g/mol. The van der Waals surface area contributed by atoms with Crippen LogP contribution < -0.4 is 5.32 Å². The minimum absolute atomic E-state index is 0.0779. The van der Waals surface area contributed by atoms with E-state index in [1.54, 1.807) is 10.9 Å². The van der Waals surface area contributed by atoms with Gasteiger partial charge in [-0.1, -0.05) is 37.8 Å². The van der Waals surface area contributed by atoms with Crippen molar-refractivity contribution in [3.63, 3.8) is 0 Å². The first kappa shape index (κ1) is 16.8. The summed E-state index contributed by atoms with van der Waals surface area (Å²) in [6, 6.07) is -0.928. The van der Waals surface area contributed by atoms with E-state index in [0.29, 0.717) is 6.54 Å². The lowest BCUT2D eigenvalue weighted by molar-refractivity contribution is -0.143. The predicted octanol–water partition coefficient (Wildman–Crippen LogP) is 2.71. The Hall–Kier alpha value is -1.56. The van der Waals surface area contributed by atoms with Crippen LogP contribution in [0.1, 0.15) is 56.4 Å². The fourth-order valence-electron chi connectivity index (χ4n) is 3.09. The monoisotopic (exact) mass is 327 g/mol. The van der Waals surface area contributed by atoms with Gasteiger partial charge in [-0.15, -0.1) is 0 Å². The number of nitrogens with one attached hydrogen (secondary N) is 1. The molecule has 2 rings (SSSR count). The Morgan fingerprint density at radius 3 is 2.59 bits per heavy atom. The SMILES string of the molecule is CCn1cc(Cl)c(C(=O)NC(C(=O)O)C2(C)CCCCC2)n1. The second-order valence-corrected chi connectivity index (χ2v) is 6.55. The summed E-state index contributed by atoms with van der Waals surface area (Å²) in [6.45, 7) is 4.40. The molecule has 122 valence electrons. The first-order chi connectivity index (χ1) is 10.4. The van der Waals surface area contributed by atoms with Crippen molar-refractivity contribution in [3.05, 3.63) is 16.9 Å². The zero-order valence-corrected chi connectivity index (χ0v) is 13.7. The summed E-state index contributed by atoms with van der Waals surface area (Å²) < 4.78 is 1.55. The molecule has 22 heavy (non-hydrogen) atoms. The van der Waals surface area contributed by atoms with Crippen LogP contribution in [-0.4, -0.2) is 32.8 Å². The number of halogens is 1. The Balaban J connectivity index is 2.18. The van der Waals surface area contributed by atoms with E-state index in [0.717, 1.165) is 32.1 Å². The molecule has 7 heteroatoms. The zero-order chi connectivity index (χ0) is 16.3. The van der Waals surface area contributed by atoms with Crippen molar-refractivity contribution < 1.29 is 14.7 Å². The van der Waals surface area contributed by atoms with E-state index in [1.165, 1.54) is 0 Å². The molecule has 0 spiro atoms. The highest BCUT2D eigenvalue weighted by atomic mass is 35.5. The summed E-state index contributed by atoms with van der Waals surface area (Å²) in [6.07, 6.45) is 6.24. The molecule has 0 aromatic carbocycles. The maximum atomic E-state index is 12.4. The van der Waals surface area contributed by atoms with Crippen molar-refractivity contribution in [1.82, 2.24) is 15.1 Å². The smallest absolute Gasteiger partial charge is 0.326 e. The number of rotatable bonds is 5. The molecular formula is C15H22ClN3O3. The van der Waals surface area contributed by atoms with Gasteiger partial charge in [-0.05, 0) is 25.2 Å². The quantitative estimate of drug-likeness (QED) is 0.870. The average Bonchev–Trinajstić information content (AvgIpc) is 2.86. The lowest BCUT2D eigenvalue weighted by atomic mass is 9.70. The van der Waals surface area contributed by atoms with Gasteiger partial charge in [-0.25, -0.2) is 4.79 Å². The van der Waals surface area contributed by atoms with Crippen molar-refractivity contribution >= 4 is 23.5 Å². The van der Waals surface area contributed by atoms with E-state index in [2.05, 4.69) is 10.4 Å². The molecule has 1 aromatic heterocycles.